The van der Waals surface area contributed by atoms with Crippen molar-refractivity contribution in [2.24, 2.45) is 7.05 Å². The Kier molecular flexibility index (Phi) is 2.65. The molecule has 0 atom stereocenters. The number of aryl methyl sites for hydroxylation is 1. The van der Waals surface area contributed by atoms with Crippen LogP contribution in [-0.4, -0.2) is 32.2 Å². The van der Waals surface area contributed by atoms with Gasteiger partial charge in [0.15, 0.2) is 6.61 Å². The summed E-state index contributed by atoms with van der Waals surface area (Å²) in [6.45, 7) is -0.639. The SMILES string of the molecule is Cn1cnc([N+](=O)[O-])c1OCC(=O)O. The van der Waals surface area contributed by atoms with Crippen LogP contribution < -0.4 is 4.74 Å². The van der Waals surface area contributed by atoms with Gasteiger partial charge in [0.25, 0.3) is 5.88 Å². The topological polar surface area (TPSA) is 107 Å². The van der Waals surface area contributed by atoms with Gasteiger partial charge in [0.05, 0.1) is 0 Å². The van der Waals surface area contributed by atoms with Gasteiger partial charge in [0.1, 0.15) is 0 Å². The fraction of sp³-hybridized carbons (Fsp3) is 0.333. The number of carboxylic acids is 1. The van der Waals surface area contributed by atoms with E-state index in [0.717, 1.165) is 0 Å². The molecule has 76 valence electrons. The smallest absolute Gasteiger partial charge is 0.426 e. The zero-order valence-electron chi connectivity index (χ0n) is 7.21. The number of nitrogens with zero attached hydrogens (tertiary/aromatic N) is 3. The molecule has 8 nitrogen and oxygen atoms in total. The number of hydrogen-bond acceptors (Lipinski definition) is 5. The summed E-state index contributed by atoms with van der Waals surface area (Å²) in [5.41, 5.74) is 0. The second-order valence-electron chi connectivity index (χ2n) is 2.42. The van der Waals surface area contributed by atoms with Crippen molar-refractivity contribution in [3.8, 4) is 5.88 Å². The van der Waals surface area contributed by atoms with Crippen molar-refractivity contribution in [3.05, 3.63) is 16.4 Å². The number of carboxylic acid groups (broad SMARTS) is 1. The summed E-state index contributed by atoms with van der Waals surface area (Å²) in [5.74, 6) is -1.87. The molecule has 0 radical (unpaired) electrons. The number of hydrogen-bond donors (Lipinski definition) is 1. The van der Waals surface area contributed by atoms with Gasteiger partial charge in [-0.1, -0.05) is 0 Å². The zero-order chi connectivity index (χ0) is 10.7. The molecule has 0 aliphatic heterocycles. The first-order valence-electron chi connectivity index (χ1n) is 3.52. The Labute approximate surface area is 77.9 Å². The van der Waals surface area contributed by atoms with E-state index < -0.39 is 23.3 Å². The summed E-state index contributed by atoms with van der Waals surface area (Å²) in [6.07, 6.45) is 1.18. The Balaban J connectivity index is 2.88. The third-order valence-electron chi connectivity index (χ3n) is 1.37. The van der Waals surface area contributed by atoms with Crippen LogP contribution in [0.25, 0.3) is 0 Å². The van der Waals surface area contributed by atoms with Crippen LogP contribution in [0.4, 0.5) is 5.82 Å². The molecule has 14 heavy (non-hydrogen) atoms. The van der Waals surface area contributed by atoms with Gasteiger partial charge in [-0.15, -0.1) is 0 Å². The number of ether oxygens (including phenoxy) is 1. The lowest BCUT2D eigenvalue weighted by Crippen LogP contribution is -2.12. The van der Waals surface area contributed by atoms with Gasteiger partial charge in [0, 0.05) is 7.05 Å². The van der Waals surface area contributed by atoms with Crippen molar-refractivity contribution in [2.75, 3.05) is 6.61 Å². The van der Waals surface area contributed by atoms with Crippen LogP contribution >= 0.6 is 0 Å². The van der Waals surface area contributed by atoms with Gasteiger partial charge in [-0.05, 0) is 9.91 Å². The van der Waals surface area contributed by atoms with E-state index in [1.54, 1.807) is 0 Å². The Hall–Kier alpha value is -2.12. The molecule has 1 heterocycles. The molecule has 1 aromatic heterocycles. The van der Waals surface area contributed by atoms with Gasteiger partial charge in [-0.2, -0.15) is 0 Å². The van der Waals surface area contributed by atoms with Crippen LogP contribution in [0.5, 0.6) is 5.88 Å². The number of nitro groups is 1. The van der Waals surface area contributed by atoms with Gasteiger partial charge < -0.3 is 20.0 Å². The highest BCUT2D eigenvalue weighted by molar-refractivity contribution is 5.68. The highest BCUT2D eigenvalue weighted by Gasteiger charge is 2.22. The van der Waals surface area contributed by atoms with E-state index in [1.807, 2.05) is 0 Å². The predicted molar refractivity (Wildman–Crippen MR) is 43.0 cm³/mol. The Morgan fingerprint density at radius 1 is 1.86 bits per heavy atom. The fourth-order valence-electron chi connectivity index (χ4n) is 0.828. The van der Waals surface area contributed by atoms with Crippen LogP contribution in [0, 0.1) is 10.1 Å². The molecule has 0 aliphatic rings. The number of carbonyl (C=O) groups is 1. The van der Waals surface area contributed by atoms with Crippen molar-refractivity contribution in [1.82, 2.24) is 9.55 Å². The molecule has 0 amide bonds. The second-order valence-corrected chi connectivity index (χ2v) is 2.42. The van der Waals surface area contributed by atoms with Crippen molar-refractivity contribution in [1.29, 1.82) is 0 Å². The van der Waals surface area contributed by atoms with E-state index >= 15 is 0 Å². The van der Waals surface area contributed by atoms with E-state index in [0.29, 0.717) is 0 Å². The molecule has 0 bridgehead atoms. The second kappa shape index (κ2) is 3.73. The van der Waals surface area contributed by atoms with Crippen LogP contribution in [0.2, 0.25) is 0 Å². The van der Waals surface area contributed by atoms with Crippen LogP contribution in [-0.2, 0) is 11.8 Å². The summed E-state index contributed by atoms with van der Waals surface area (Å²) in [5, 5.41) is 18.7. The molecule has 0 fully saturated rings. The molecule has 0 saturated heterocycles. The summed E-state index contributed by atoms with van der Waals surface area (Å²) in [4.78, 5) is 23.2. The maximum Gasteiger partial charge on any atom is 0.426 e. The number of aromatic nitrogens is 2. The van der Waals surface area contributed by atoms with E-state index in [2.05, 4.69) is 9.72 Å². The number of rotatable bonds is 4. The van der Waals surface area contributed by atoms with Gasteiger partial charge in [0.2, 0.25) is 6.33 Å². The first-order chi connectivity index (χ1) is 6.52. The van der Waals surface area contributed by atoms with Crippen LogP contribution in [0.15, 0.2) is 6.33 Å². The molecule has 0 unspecified atom stereocenters. The highest BCUT2D eigenvalue weighted by atomic mass is 16.6. The molecule has 1 rings (SSSR count). The van der Waals surface area contributed by atoms with E-state index in [1.165, 1.54) is 17.9 Å². The first kappa shape index (κ1) is 9.96. The zero-order valence-corrected chi connectivity index (χ0v) is 7.21. The monoisotopic (exact) mass is 201 g/mol. The molecule has 1 N–H and O–H groups in total. The molecular weight excluding hydrogens is 194 g/mol. The maximum absolute atomic E-state index is 10.4. The van der Waals surface area contributed by atoms with E-state index in [9.17, 15) is 14.9 Å². The summed E-state index contributed by atoms with van der Waals surface area (Å²) in [6, 6.07) is 0. The first-order valence-corrected chi connectivity index (χ1v) is 3.52. The minimum atomic E-state index is -1.21. The van der Waals surface area contributed by atoms with Gasteiger partial charge >= 0.3 is 11.8 Å². The van der Waals surface area contributed by atoms with Crippen molar-refractivity contribution in [2.45, 2.75) is 0 Å². The molecule has 0 spiro atoms. The predicted octanol–water partition coefficient (Wildman–Crippen LogP) is -0.208. The maximum atomic E-state index is 10.4. The summed E-state index contributed by atoms with van der Waals surface area (Å²) in [7, 11) is 1.47. The van der Waals surface area contributed by atoms with E-state index in [4.69, 9.17) is 5.11 Å². The Morgan fingerprint density at radius 3 is 3.00 bits per heavy atom. The minimum absolute atomic E-state index is 0.169. The third kappa shape index (κ3) is 1.97. The van der Waals surface area contributed by atoms with Crippen LogP contribution in [0.3, 0.4) is 0 Å². The normalized spacial score (nSPS) is 9.79. The summed E-state index contributed by atoms with van der Waals surface area (Å²) >= 11 is 0. The standard InChI is InChI=1S/C6H7N3O5/c1-8-3-7-5(9(12)13)6(8)14-2-4(10)11/h3H,2H2,1H3,(H,10,11). The van der Waals surface area contributed by atoms with Crippen molar-refractivity contribution in [3.63, 3.8) is 0 Å². The molecule has 0 aromatic carbocycles. The highest BCUT2D eigenvalue weighted by Crippen LogP contribution is 2.23. The van der Waals surface area contributed by atoms with E-state index in [-0.39, 0.29) is 5.88 Å². The molecule has 0 aliphatic carbocycles. The largest absolute Gasteiger partial charge is 0.479 e. The Morgan fingerprint density at radius 2 is 2.50 bits per heavy atom. The van der Waals surface area contributed by atoms with Crippen molar-refractivity contribution < 1.29 is 19.6 Å². The average molecular weight is 201 g/mol. The quantitative estimate of drug-likeness (QED) is 0.533. The number of imidazole rings is 1. The lowest BCUT2D eigenvalue weighted by atomic mass is 10.6. The molecule has 0 saturated carbocycles. The summed E-state index contributed by atoms with van der Waals surface area (Å²) < 4.78 is 5.93. The third-order valence-corrected chi connectivity index (χ3v) is 1.37. The average Bonchev–Trinajstić information content (AvgIpc) is 2.43. The lowest BCUT2D eigenvalue weighted by Gasteiger charge is -2.01. The Bertz CT molecular complexity index is 372. The lowest BCUT2D eigenvalue weighted by molar-refractivity contribution is -0.390. The number of aliphatic carboxylic acids is 1. The molecular formula is C6H7N3O5. The van der Waals surface area contributed by atoms with Crippen molar-refractivity contribution >= 4 is 11.8 Å². The molecule has 1 aromatic rings. The van der Waals surface area contributed by atoms with Crippen LogP contribution in [0.1, 0.15) is 0 Å². The van der Waals surface area contributed by atoms with Gasteiger partial charge in [-0.25, -0.2) is 4.79 Å². The fourth-order valence-corrected chi connectivity index (χ4v) is 0.828. The molecule has 8 heteroatoms. The minimum Gasteiger partial charge on any atom is -0.479 e. The van der Waals surface area contributed by atoms with Gasteiger partial charge in [-0.3, -0.25) is 4.57 Å².